The van der Waals surface area contributed by atoms with Crippen LogP contribution < -0.4 is 16.0 Å². The molecule has 4 N–H and O–H groups in total. The second kappa shape index (κ2) is 7.71. The molecule has 0 bridgehead atoms. The number of aromatic amines is 1. The van der Waals surface area contributed by atoms with Gasteiger partial charge in [0.1, 0.15) is 23.3 Å². The van der Waals surface area contributed by atoms with E-state index in [1.807, 2.05) is 12.1 Å². The molecule has 2 aromatic carbocycles. The maximum Gasteiger partial charge on any atom is 0.324 e. The lowest BCUT2D eigenvalue weighted by molar-refractivity contribution is 0.262. The number of benzene rings is 2. The largest absolute Gasteiger partial charge is 0.339 e. The molecule has 0 aliphatic heterocycles. The van der Waals surface area contributed by atoms with Gasteiger partial charge in [0.05, 0.1) is 0 Å². The second-order valence-corrected chi connectivity index (χ2v) is 6.62. The van der Waals surface area contributed by atoms with Crippen molar-refractivity contribution in [2.75, 3.05) is 16.0 Å². The molecule has 10 heteroatoms. The second-order valence-electron chi connectivity index (χ2n) is 5.74. The Hall–Kier alpha value is -3.36. The van der Waals surface area contributed by atoms with Gasteiger partial charge in [-0.2, -0.15) is 5.10 Å². The van der Waals surface area contributed by atoms with Gasteiger partial charge in [-0.25, -0.2) is 14.8 Å². The summed E-state index contributed by atoms with van der Waals surface area (Å²) in [6.07, 6.45) is 1.38. The van der Waals surface area contributed by atoms with Crippen LogP contribution in [0.4, 0.5) is 27.8 Å². The van der Waals surface area contributed by atoms with E-state index in [2.05, 4.69) is 36.1 Å². The SMILES string of the molecule is O=C(Nc1cccc(Cl)c1)Nc1[nH]nc2ncnc(Nc3cccc(Cl)c3)c12. The first-order valence-electron chi connectivity index (χ1n) is 8.14. The van der Waals surface area contributed by atoms with Crippen molar-refractivity contribution in [1.82, 2.24) is 20.2 Å². The fourth-order valence-corrected chi connectivity index (χ4v) is 2.97. The standard InChI is InChI=1S/C18H13Cl2N7O/c19-10-3-1-5-12(7-10)23-15-14-16(22-9-21-15)26-27-17(14)25-18(28)24-13-6-2-4-11(20)8-13/h1-9H,(H4,21,22,23,24,25,26,27,28). The van der Waals surface area contributed by atoms with E-state index < -0.39 is 6.03 Å². The van der Waals surface area contributed by atoms with E-state index >= 15 is 0 Å². The van der Waals surface area contributed by atoms with E-state index in [-0.39, 0.29) is 0 Å². The highest BCUT2D eigenvalue weighted by Gasteiger charge is 2.15. The number of rotatable bonds is 4. The van der Waals surface area contributed by atoms with Crippen LogP contribution >= 0.6 is 23.2 Å². The van der Waals surface area contributed by atoms with Crippen LogP contribution in [0, 0.1) is 0 Å². The number of nitrogens with one attached hydrogen (secondary N) is 4. The van der Waals surface area contributed by atoms with Crippen LogP contribution in [0.25, 0.3) is 11.0 Å². The first-order chi connectivity index (χ1) is 13.6. The average molecular weight is 414 g/mol. The maximum atomic E-state index is 12.4. The summed E-state index contributed by atoms with van der Waals surface area (Å²) in [5, 5.41) is 17.1. The van der Waals surface area contributed by atoms with Gasteiger partial charge in [-0.15, -0.1) is 0 Å². The van der Waals surface area contributed by atoms with Gasteiger partial charge in [-0.1, -0.05) is 35.3 Å². The number of nitrogens with zero attached hydrogens (tertiary/aromatic N) is 3. The van der Waals surface area contributed by atoms with E-state index in [4.69, 9.17) is 23.2 Å². The fourth-order valence-electron chi connectivity index (χ4n) is 2.59. The zero-order valence-electron chi connectivity index (χ0n) is 14.2. The van der Waals surface area contributed by atoms with Gasteiger partial charge >= 0.3 is 6.03 Å². The van der Waals surface area contributed by atoms with Crippen molar-refractivity contribution in [1.29, 1.82) is 0 Å². The molecular formula is C18H13Cl2N7O. The number of amides is 2. The highest BCUT2D eigenvalue weighted by atomic mass is 35.5. The van der Waals surface area contributed by atoms with Crippen molar-refractivity contribution in [2.24, 2.45) is 0 Å². The summed E-state index contributed by atoms with van der Waals surface area (Å²) in [6, 6.07) is 13.6. The summed E-state index contributed by atoms with van der Waals surface area (Å²) >= 11 is 12.0. The average Bonchev–Trinajstić information content (AvgIpc) is 3.05. The lowest BCUT2D eigenvalue weighted by atomic mass is 10.3. The molecule has 4 rings (SSSR count). The smallest absolute Gasteiger partial charge is 0.324 e. The molecule has 0 aliphatic rings. The van der Waals surface area contributed by atoms with E-state index in [1.54, 1.807) is 36.4 Å². The first-order valence-corrected chi connectivity index (χ1v) is 8.89. The zero-order valence-corrected chi connectivity index (χ0v) is 15.7. The van der Waals surface area contributed by atoms with Crippen molar-refractivity contribution < 1.29 is 4.79 Å². The summed E-state index contributed by atoms with van der Waals surface area (Å²) in [4.78, 5) is 20.7. The lowest BCUT2D eigenvalue weighted by Crippen LogP contribution is -2.19. The molecule has 0 unspecified atom stereocenters. The van der Waals surface area contributed by atoms with Gasteiger partial charge in [-0.05, 0) is 36.4 Å². The van der Waals surface area contributed by atoms with Crippen LogP contribution in [0.3, 0.4) is 0 Å². The van der Waals surface area contributed by atoms with Crippen molar-refractivity contribution >= 4 is 63.3 Å². The third-order valence-corrected chi connectivity index (χ3v) is 4.23. The number of fused-ring (bicyclic) bond motifs is 1. The molecule has 140 valence electrons. The van der Waals surface area contributed by atoms with Gasteiger partial charge in [-0.3, -0.25) is 10.4 Å². The Morgan fingerprint density at radius 3 is 2.39 bits per heavy atom. The molecule has 8 nitrogen and oxygen atoms in total. The van der Waals surface area contributed by atoms with E-state index in [0.29, 0.717) is 38.4 Å². The minimum atomic E-state index is -0.467. The van der Waals surface area contributed by atoms with Crippen molar-refractivity contribution in [3.8, 4) is 0 Å². The van der Waals surface area contributed by atoms with Crippen LogP contribution in [0.5, 0.6) is 0 Å². The van der Waals surface area contributed by atoms with Gasteiger partial charge in [0.2, 0.25) is 0 Å². The minimum absolute atomic E-state index is 0.347. The molecule has 4 aromatic rings. The summed E-state index contributed by atoms with van der Waals surface area (Å²) in [7, 11) is 0. The third-order valence-electron chi connectivity index (χ3n) is 3.76. The van der Waals surface area contributed by atoms with Gasteiger partial charge in [0.15, 0.2) is 5.65 Å². The Kier molecular flexibility index (Phi) is 4.96. The van der Waals surface area contributed by atoms with Crippen LogP contribution in [0.15, 0.2) is 54.9 Å². The highest BCUT2D eigenvalue weighted by molar-refractivity contribution is 6.31. The van der Waals surface area contributed by atoms with Crippen LogP contribution in [-0.2, 0) is 0 Å². The van der Waals surface area contributed by atoms with E-state index in [9.17, 15) is 4.79 Å². The number of carbonyl (C=O) groups is 1. The molecule has 0 aliphatic carbocycles. The third kappa shape index (κ3) is 3.98. The summed E-state index contributed by atoms with van der Waals surface area (Å²) in [6.45, 7) is 0. The molecule has 2 amide bonds. The number of carbonyl (C=O) groups excluding carboxylic acids is 1. The van der Waals surface area contributed by atoms with Crippen molar-refractivity contribution in [2.45, 2.75) is 0 Å². The minimum Gasteiger partial charge on any atom is -0.339 e. The number of hydrogen-bond acceptors (Lipinski definition) is 5. The molecule has 0 spiro atoms. The molecule has 28 heavy (non-hydrogen) atoms. The molecule has 2 heterocycles. The first kappa shape index (κ1) is 18.0. The van der Waals surface area contributed by atoms with Gasteiger partial charge < -0.3 is 10.6 Å². The molecular weight excluding hydrogens is 401 g/mol. The normalized spacial score (nSPS) is 10.6. The van der Waals surface area contributed by atoms with E-state index in [1.165, 1.54) is 6.33 Å². The van der Waals surface area contributed by atoms with Crippen LogP contribution in [0.2, 0.25) is 10.0 Å². The Bertz CT molecular complexity index is 1160. The maximum absolute atomic E-state index is 12.4. The molecule has 0 atom stereocenters. The molecule has 0 saturated heterocycles. The number of anilines is 4. The zero-order chi connectivity index (χ0) is 19.5. The molecule has 0 saturated carbocycles. The van der Waals surface area contributed by atoms with Crippen molar-refractivity contribution in [3.63, 3.8) is 0 Å². The van der Waals surface area contributed by atoms with Crippen LogP contribution in [0.1, 0.15) is 0 Å². The van der Waals surface area contributed by atoms with E-state index in [0.717, 1.165) is 5.69 Å². The molecule has 2 aromatic heterocycles. The number of urea groups is 1. The molecule has 0 fully saturated rings. The van der Waals surface area contributed by atoms with Crippen LogP contribution in [-0.4, -0.2) is 26.2 Å². The fraction of sp³-hybridized carbons (Fsp3) is 0. The quantitative estimate of drug-likeness (QED) is 0.374. The Labute approximate surface area is 169 Å². The Morgan fingerprint density at radius 1 is 0.929 bits per heavy atom. The van der Waals surface area contributed by atoms with Gasteiger partial charge in [0.25, 0.3) is 0 Å². The number of halogens is 2. The summed E-state index contributed by atoms with van der Waals surface area (Å²) < 4.78 is 0. The summed E-state index contributed by atoms with van der Waals surface area (Å²) in [5.74, 6) is 0.818. The molecule has 0 radical (unpaired) electrons. The van der Waals surface area contributed by atoms with Crippen molar-refractivity contribution in [3.05, 3.63) is 64.9 Å². The lowest BCUT2D eigenvalue weighted by Gasteiger charge is -2.09. The number of hydrogen-bond donors (Lipinski definition) is 4. The van der Waals surface area contributed by atoms with Gasteiger partial charge in [0, 0.05) is 21.4 Å². The Morgan fingerprint density at radius 2 is 1.64 bits per heavy atom. The summed E-state index contributed by atoms with van der Waals surface area (Å²) in [5.41, 5.74) is 1.70. The monoisotopic (exact) mass is 413 g/mol. The Balaban J connectivity index is 1.60. The highest BCUT2D eigenvalue weighted by Crippen LogP contribution is 2.28. The number of H-pyrrole nitrogens is 1. The predicted octanol–water partition coefficient (Wildman–Crippen LogP) is 5.05. The number of aromatic nitrogens is 4. The topological polar surface area (TPSA) is 108 Å². The predicted molar refractivity (Wildman–Crippen MR) is 111 cm³/mol.